The Balaban J connectivity index is 0.00000220. The van der Waals surface area contributed by atoms with Crippen molar-refractivity contribution in [3.63, 3.8) is 0 Å². The van der Waals surface area contributed by atoms with Crippen molar-refractivity contribution >= 4 is 23.3 Å². The minimum atomic E-state index is 0. The third-order valence-electron chi connectivity index (χ3n) is 4.04. The van der Waals surface area contributed by atoms with E-state index in [2.05, 4.69) is 49.4 Å². The van der Waals surface area contributed by atoms with Gasteiger partial charge in [0.2, 0.25) is 0 Å². The maximum Gasteiger partial charge on any atom is 0.125 e. The molecule has 0 fully saturated rings. The lowest BCUT2D eigenvalue weighted by Gasteiger charge is -2.30. The molecule has 0 atom stereocenters. The zero-order valence-electron chi connectivity index (χ0n) is 13.6. The Kier molecular flexibility index (Phi) is 6.11. The first-order valence-electron chi connectivity index (χ1n) is 7.43. The van der Waals surface area contributed by atoms with Gasteiger partial charge in [0.15, 0.2) is 0 Å². The maximum atomic E-state index is 10.1. The molecule has 0 bridgehead atoms. The van der Waals surface area contributed by atoms with Gasteiger partial charge in [-0.05, 0) is 51.8 Å². The molecule has 1 heterocycles. The van der Waals surface area contributed by atoms with Crippen LogP contribution in [0.4, 0.5) is 0 Å². The van der Waals surface area contributed by atoms with Gasteiger partial charge in [0.1, 0.15) is 5.75 Å². The summed E-state index contributed by atoms with van der Waals surface area (Å²) in [5.41, 5.74) is 2.33. The van der Waals surface area contributed by atoms with Gasteiger partial charge in [-0.2, -0.15) is 0 Å². The highest BCUT2D eigenvalue weighted by Crippen LogP contribution is 2.29. The summed E-state index contributed by atoms with van der Waals surface area (Å²) in [6.45, 7) is 9.96. The first-order chi connectivity index (χ1) is 9.41. The number of aromatic nitrogens is 1. The van der Waals surface area contributed by atoms with Crippen LogP contribution >= 0.6 is 12.4 Å². The van der Waals surface area contributed by atoms with Gasteiger partial charge in [0, 0.05) is 37.3 Å². The average Bonchev–Trinajstić information content (AvgIpc) is 2.67. The van der Waals surface area contributed by atoms with Crippen LogP contribution in [0.1, 0.15) is 33.3 Å². The van der Waals surface area contributed by atoms with Gasteiger partial charge in [-0.3, -0.25) is 4.90 Å². The van der Waals surface area contributed by atoms with Crippen LogP contribution in [-0.2, 0) is 13.5 Å². The summed E-state index contributed by atoms with van der Waals surface area (Å²) in [5, 5.41) is 11.1. The highest BCUT2D eigenvalue weighted by atomic mass is 35.5. The highest BCUT2D eigenvalue weighted by Gasteiger charge is 2.15. The topological polar surface area (TPSA) is 28.4 Å². The summed E-state index contributed by atoms with van der Waals surface area (Å²) in [6.07, 6.45) is 3.11. The fourth-order valence-electron chi connectivity index (χ4n) is 3.07. The van der Waals surface area contributed by atoms with E-state index in [4.69, 9.17) is 0 Å². The number of nitrogens with zero attached hydrogens (tertiary/aromatic N) is 2. The van der Waals surface area contributed by atoms with Crippen LogP contribution < -0.4 is 0 Å². The van der Waals surface area contributed by atoms with E-state index < -0.39 is 0 Å². The zero-order valence-corrected chi connectivity index (χ0v) is 14.4. The number of halogens is 1. The van der Waals surface area contributed by atoms with Gasteiger partial charge < -0.3 is 9.67 Å². The van der Waals surface area contributed by atoms with Crippen LogP contribution in [-0.4, -0.2) is 33.2 Å². The van der Waals surface area contributed by atoms with Crippen molar-refractivity contribution in [2.45, 2.75) is 46.2 Å². The summed E-state index contributed by atoms with van der Waals surface area (Å²) in [6, 6.07) is 6.81. The molecule has 0 saturated heterocycles. The summed E-state index contributed by atoms with van der Waals surface area (Å²) in [4.78, 5) is 2.48. The standard InChI is InChI=1S/C17H26N2O.ClH/c1-12(2)19(13(3)4)10-9-14-11-18(5)15-7-6-8-16(20)17(14)15;/h6-8,11-13,20H,9-10H2,1-5H3;1H. The summed E-state index contributed by atoms with van der Waals surface area (Å²) < 4.78 is 2.10. The molecule has 21 heavy (non-hydrogen) atoms. The molecule has 0 aliphatic rings. The van der Waals surface area contributed by atoms with Gasteiger partial charge in [0.05, 0.1) is 5.52 Å². The van der Waals surface area contributed by atoms with E-state index in [1.165, 1.54) is 5.56 Å². The van der Waals surface area contributed by atoms with Crippen molar-refractivity contribution in [1.29, 1.82) is 0 Å². The Bertz CT molecular complexity index is 582. The van der Waals surface area contributed by atoms with Gasteiger partial charge in [-0.25, -0.2) is 0 Å². The fraction of sp³-hybridized carbons (Fsp3) is 0.529. The van der Waals surface area contributed by atoms with E-state index in [-0.39, 0.29) is 12.4 Å². The van der Waals surface area contributed by atoms with Crippen LogP contribution in [0.3, 0.4) is 0 Å². The van der Waals surface area contributed by atoms with E-state index >= 15 is 0 Å². The molecule has 1 aromatic carbocycles. The molecule has 2 rings (SSSR count). The predicted octanol–water partition coefficient (Wildman–Crippen LogP) is 3.97. The number of aromatic hydroxyl groups is 1. The molecule has 1 aromatic heterocycles. The smallest absolute Gasteiger partial charge is 0.125 e. The van der Waals surface area contributed by atoms with Gasteiger partial charge in [-0.1, -0.05) is 6.07 Å². The Morgan fingerprint density at radius 2 is 1.76 bits per heavy atom. The third kappa shape index (κ3) is 3.72. The lowest BCUT2D eigenvalue weighted by Crippen LogP contribution is -2.38. The second kappa shape index (κ2) is 7.19. The van der Waals surface area contributed by atoms with Crippen molar-refractivity contribution in [3.05, 3.63) is 30.0 Å². The molecule has 0 unspecified atom stereocenters. The molecule has 4 heteroatoms. The number of rotatable bonds is 5. The third-order valence-corrected chi connectivity index (χ3v) is 4.04. The predicted molar refractivity (Wildman–Crippen MR) is 92.5 cm³/mol. The molecule has 0 amide bonds. The Hall–Kier alpha value is -1.19. The second-order valence-electron chi connectivity index (χ2n) is 6.11. The molecule has 1 N–H and O–H groups in total. The minimum Gasteiger partial charge on any atom is -0.507 e. The van der Waals surface area contributed by atoms with Gasteiger partial charge in [0.25, 0.3) is 0 Å². The molecule has 2 aromatic rings. The van der Waals surface area contributed by atoms with Crippen molar-refractivity contribution in [3.8, 4) is 5.75 Å². The Labute approximate surface area is 134 Å². The number of aryl methyl sites for hydroxylation is 1. The zero-order chi connectivity index (χ0) is 14.9. The molecule has 118 valence electrons. The summed E-state index contributed by atoms with van der Waals surface area (Å²) >= 11 is 0. The molecule has 0 saturated carbocycles. The largest absolute Gasteiger partial charge is 0.507 e. The van der Waals surface area contributed by atoms with Crippen LogP contribution in [0.15, 0.2) is 24.4 Å². The number of hydrogen-bond acceptors (Lipinski definition) is 2. The minimum absolute atomic E-state index is 0. The summed E-state index contributed by atoms with van der Waals surface area (Å²) in [5.74, 6) is 0.388. The average molecular weight is 311 g/mol. The van der Waals surface area contributed by atoms with Gasteiger partial charge in [-0.15, -0.1) is 12.4 Å². The van der Waals surface area contributed by atoms with E-state index in [1.807, 2.05) is 13.1 Å². The quantitative estimate of drug-likeness (QED) is 0.905. The van der Waals surface area contributed by atoms with Crippen LogP contribution in [0, 0.1) is 0 Å². The lowest BCUT2D eigenvalue weighted by molar-refractivity contribution is 0.177. The maximum absolute atomic E-state index is 10.1. The number of fused-ring (bicyclic) bond motifs is 1. The molecule has 0 aliphatic carbocycles. The molecular formula is C17H27ClN2O. The van der Waals surface area contributed by atoms with Crippen LogP contribution in [0.25, 0.3) is 10.9 Å². The number of phenolic OH excluding ortho intramolecular Hbond substituents is 1. The first-order valence-corrected chi connectivity index (χ1v) is 7.43. The number of benzene rings is 1. The van der Waals surface area contributed by atoms with E-state index in [1.54, 1.807) is 6.07 Å². The number of phenols is 1. The molecule has 0 aliphatic heterocycles. The lowest BCUT2D eigenvalue weighted by atomic mass is 10.1. The fourth-order valence-corrected chi connectivity index (χ4v) is 3.07. The van der Waals surface area contributed by atoms with Crippen molar-refractivity contribution in [2.75, 3.05) is 6.54 Å². The normalized spacial score (nSPS) is 11.6. The van der Waals surface area contributed by atoms with Crippen molar-refractivity contribution < 1.29 is 5.11 Å². The van der Waals surface area contributed by atoms with Crippen LogP contribution in [0.5, 0.6) is 5.75 Å². The SMILES string of the molecule is CC(C)N(CCc1cn(C)c2cccc(O)c12)C(C)C.Cl. The molecular weight excluding hydrogens is 284 g/mol. The summed E-state index contributed by atoms with van der Waals surface area (Å²) in [7, 11) is 2.04. The highest BCUT2D eigenvalue weighted by molar-refractivity contribution is 5.89. The van der Waals surface area contributed by atoms with Crippen LogP contribution in [0.2, 0.25) is 0 Å². The first kappa shape index (κ1) is 17.9. The van der Waals surface area contributed by atoms with E-state index in [9.17, 15) is 5.11 Å². The molecule has 3 nitrogen and oxygen atoms in total. The van der Waals surface area contributed by atoms with Crippen molar-refractivity contribution in [1.82, 2.24) is 9.47 Å². The van der Waals surface area contributed by atoms with Crippen molar-refractivity contribution in [2.24, 2.45) is 7.05 Å². The van der Waals surface area contributed by atoms with E-state index in [0.717, 1.165) is 23.9 Å². The van der Waals surface area contributed by atoms with Gasteiger partial charge >= 0.3 is 0 Å². The monoisotopic (exact) mass is 310 g/mol. The Morgan fingerprint density at radius 1 is 1.14 bits per heavy atom. The second-order valence-corrected chi connectivity index (χ2v) is 6.11. The van der Waals surface area contributed by atoms with E-state index in [0.29, 0.717) is 17.8 Å². The Morgan fingerprint density at radius 3 is 2.33 bits per heavy atom. The molecule has 0 spiro atoms. The molecule has 0 radical (unpaired) electrons. The number of hydrogen-bond donors (Lipinski definition) is 1.